The molecular formula is C27H33NO6. The number of ether oxygens (including phenoxy) is 3. The van der Waals surface area contributed by atoms with Crippen molar-refractivity contribution in [3.63, 3.8) is 0 Å². The van der Waals surface area contributed by atoms with Gasteiger partial charge in [0.25, 0.3) is 5.91 Å². The van der Waals surface area contributed by atoms with Gasteiger partial charge < -0.3 is 19.1 Å². The zero-order chi connectivity index (χ0) is 24.7. The van der Waals surface area contributed by atoms with E-state index in [0.29, 0.717) is 38.1 Å². The molecule has 2 aromatic carbocycles. The Hall–Kier alpha value is -3.35. The smallest absolute Gasteiger partial charge is 0.338 e. The van der Waals surface area contributed by atoms with Crippen molar-refractivity contribution in [3.8, 4) is 5.75 Å². The highest BCUT2D eigenvalue weighted by Gasteiger charge is 2.28. The Bertz CT molecular complexity index is 983. The van der Waals surface area contributed by atoms with Crippen LogP contribution in [-0.2, 0) is 31.1 Å². The summed E-state index contributed by atoms with van der Waals surface area (Å²) in [6.07, 6.45) is 1.10. The van der Waals surface area contributed by atoms with E-state index in [4.69, 9.17) is 14.2 Å². The van der Waals surface area contributed by atoms with Gasteiger partial charge in [0, 0.05) is 13.1 Å². The molecule has 7 nitrogen and oxygen atoms in total. The highest BCUT2D eigenvalue weighted by molar-refractivity contribution is 5.91. The van der Waals surface area contributed by atoms with Gasteiger partial charge in [-0.1, -0.05) is 45.0 Å². The van der Waals surface area contributed by atoms with Crippen molar-refractivity contribution >= 4 is 17.8 Å². The summed E-state index contributed by atoms with van der Waals surface area (Å²) < 4.78 is 15.8. The third-order valence-corrected chi connectivity index (χ3v) is 6.02. The molecule has 0 radical (unpaired) electrons. The molecule has 0 N–H and O–H groups in total. The molecule has 1 aliphatic rings. The highest BCUT2D eigenvalue weighted by Crippen LogP contribution is 2.24. The molecule has 1 heterocycles. The molecule has 182 valence electrons. The number of hydrogen-bond donors (Lipinski definition) is 0. The van der Waals surface area contributed by atoms with Crippen molar-refractivity contribution in [1.82, 2.24) is 4.90 Å². The van der Waals surface area contributed by atoms with Gasteiger partial charge in [-0.2, -0.15) is 0 Å². The van der Waals surface area contributed by atoms with E-state index in [1.807, 2.05) is 12.1 Å². The zero-order valence-electron chi connectivity index (χ0n) is 20.3. The van der Waals surface area contributed by atoms with Crippen LogP contribution >= 0.6 is 0 Å². The summed E-state index contributed by atoms with van der Waals surface area (Å²) in [6, 6.07) is 15.0. The van der Waals surface area contributed by atoms with Crippen molar-refractivity contribution in [3.05, 3.63) is 65.2 Å². The maximum Gasteiger partial charge on any atom is 0.338 e. The second-order valence-corrected chi connectivity index (χ2v) is 9.51. The fourth-order valence-corrected chi connectivity index (χ4v) is 3.79. The number of piperidine rings is 1. The maximum absolute atomic E-state index is 12.3. The second kappa shape index (κ2) is 11.2. The highest BCUT2D eigenvalue weighted by atomic mass is 16.5. The first kappa shape index (κ1) is 25.3. The minimum absolute atomic E-state index is 0.0922. The Kier molecular flexibility index (Phi) is 8.31. The first-order valence-electron chi connectivity index (χ1n) is 11.5. The lowest BCUT2D eigenvalue weighted by molar-refractivity contribution is -0.149. The zero-order valence-corrected chi connectivity index (χ0v) is 20.3. The van der Waals surface area contributed by atoms with E-state index in [1.165, 1.54) is 12.7 Å². The van der Waals surface area contributed by atoms with Crippen LogP contribution < -0.4 is 4.74 Å². The van der Waals surface area contributed by atoms with E-state index < -0.39 is 5.97 Å². The average molecular weight is 468 g/mol. The Balaban J connectivity index is 1.43. The van der Waals surface area contributed by atoms with Crippen LogP contribution in [0.3, 0.4) is 0 Å². The fraction of sp³-hybridized carbons (Fsp3) is 0.444. The third-order valence-electron chi connectivity index (χ3n) is 6.02. The largest absolute Gasteiger partial charge is 0.489 e. The average Bonchev–Trinajstić information content (AvgIpc) is 2.85. The predicted octanol–water partition coefficient (Wildman–Crippen LogP) is 4.13. The molecule has 0 unspecified atom stereocenters. The number of benzene rings is 2. The van der Waals surface area contributed by atoms with Gasteiger partial charge in [0.15, 0.2) is 6.61 Å². The summed E-state index contributed by atoms with van der Waals surface area (Å²) in [4.78, 5) is 37.9. The maximum atomic E-state index is 12.3. The fourth-order valence-electron chi connectivity index (χ4n) is 3.79. The normalized spacial score (nSPS) is 14.4. The SMILES string of the molecule is COC(=O)C1CCN(C(=O)COC(=O)c2ccc(COc3ccc(C(C)(C)C)cc3)cc2)CC1. The van der Waals surface area contributed by atoms with Crippen LogP contribution in [0.2, 0.25) is 0 Å². The van der Waals surface area contributed by atoms with Crippen molar-refractivity contribution in [2.75, 3.05) is 26.8 Å². The number of carbonyl (C=O) groups is 3. The molecule has 0 atom stereocenters. The minimum atomic E-state index is -0.553. The molecule has 1 saturated heterocycles. The lowest BCUT2D eigenvalue weighted by Gasteiger charge is -2.30. The number of likely N-dealkylation sites (tertiary alicyclic amines) is 1. The molecule has 2 aromatic rings. The van der Waals surface area contributed by atoms with Gasteiger partial charge in [-0.3, -0.25) is 9.59 Å². The minimum Gasteiger partial charge on any atom is -0.489 e. The number of methoxy groups -OCH3 is 1. The second-order valence-electron chi connectivity index (χ2n) is 9.51. The monoisotopic (exact) mass is 467 g/mol. The number of nitrogens with zero attached hydrogens (tertiary/aromatic N) is 1. The van der Waals surface area contributed by atoms with Crippen LogP contribution in [0.4, 0.5) is 0 Å². The quantitative estimate of drug-likeness (QED) is 0.570. The number of amides is 1. The van der Waals surface area contributed by atoms with Crippen molar-refractivity contribution in [2.45, 2.75) is 45.6 Å². The van der Waals surface area contributed by atoms with Crippen molar-refractivity contribution in [1.29, 1.82) is 0 Å². The molecule has 0 bridgehead atoms. The van der Waals surface area contributed by atoms with Crippen LogP contribution in [0.25, 0.3) is 0 Å². The van der Waals surface area contributed by atoms with Gasteiger partial charge in [-0.15, -0.1) is 0 Å². The number of esters is 2. The van der Waals surface area contributed by atoms with Gasteiger partial charge in [-0.05, 0) is 53.6 Å². The standard InChI is InChI=1S/C27H33NO6/c1-27(2,3)22-9-11-23(12-10-22)33-17-19-5-7-20(8-6-19)26(31)34-18-24(29)28-15-13-21(14-16-28)25(30)32-4/h5-12,21H,13-18H2,1-4H3. The summed E-state index contributed by atoms with van der Waals surface area (Å²) in [5, 5.41) is 0. The molecule has 0 saturated carbocycles. The van der Waals surface area contributed by atoms with E-state index in [2.05, 4.69) is 32.9 Å². The number of hydrogen-bond acceptors (Lipinski definition) is 6. The van der Waals surface area contributed by atoms with Crippen molar-refractivity contribution < 1.29 is 28.6 Å². The molecule has 0 spiro atoms. The van der Waals surface area contributed by atoms with E-state index in [1.54, 1.807) is 29.2 Å². The Morgan fingerprint density at radius 2 is 1.56 bits per heavy atom. The van der Waals surface area contributed by atoms with Crippen LogP contribution in [0.15, 0.2) is 48.5 Å². The van der Waals surface area contributed by atoms with Crippen LogP contribution in [0.1, 0.15) is 55.1 Å². The summed E-state index contributed by atoms with van der Waals surface area (Å²) in [7, 11) is 1.37. The molecule has 3 rings (SSSR count). The summed E-state index contributed by atoms with van der Waals surface area (Å²) in [6.45, 7) is 7.46. The van der Waals surface area contributed by atoms with Crippen molar-refractivity contribution in [2.24, 2.45) is 5.92 Å². The van der Waals surface area contributed by atoms with Crippen LogP contribution in [0, 0.1) is 5.92 Å². The molecule has 34 heavy (non-hydrogen) atoms. The molecule has 1 fully saturated rings. The summed E-state index contributed by atoms with van der Waals surface area (Å²) in [5.74, 6) is -0.458. The van der Waals surface area contributed by atoms with Gasteiger partial charge in [0.1, 0.15) is 12.4 Å². The lowest BCUT2D eigenvalue weighted by atomic mass is 9.87. The van der Waals surface area contributed by atoms with Gasteiger partial charge >= 0.3 is 11.9 Å². The first-order valence-corrected chi connectivity index (χ1v) is 11.5. The molecule has 1 amide bonds. The lowest BCUT2D eigenvalue weighted by Crippen LogP contribution is -2.42. The number of rotatable bonds is 7. The molecule has 1 aliphatic heterocycles. The molecule has 0 aromatic heterocycles. The van der Waals surface area contributed by atoms with E-state index in [9.17, 15) is 14.4 Å². The third kappa shape index (κ3) is 6.83. The Morgan fingerprint density at radius 3 is 2.12 bits per heavy atom. The predicted molar refractivity (Wildman–Crippen MR) is 128 cm³/mol. The topological polar surface area (TPSA) is 82.1 Å². The van der Waals surface area contributed by atoms with E-state index >= 15 is 0 Å². The molecule has 7 heteroatoms. The van der Waals surface area contributed by atoms with Gasteiger partial charge in [0.05, 0.1) is 18.6 Å². The summed E-state index contributed by atoms with van der Waals surface area (Å²) in [5.41, 5.74) is 2.62. The summed E-state index contributed by atoms with van der Waals surface area (Å²) >= 11 is 0. The number of carbonyl (C=O) groups excluding carboxylic acids is 3. The van der Waals surface area contributed by atoms with E-state index in [-0.39, 0.29) is 29.8 Å². The van der Waals surface area contributed by atoms with Gasteiger partial charge in [0.2, 0.25) is 0 Å². The van der Waals surface area contributed by atoms with E-state index in [0.717, 1.165) is 11.3 Å². The van der Waals surface area contributed by atoms with Crippen LogP contribution in [0.5, 0.6) is 5.75 Å². The first-order chi connectivity index (χ1) is 16.2. The Labute approximate surface area is 201 Å². The molecular weight excluding hydrogens is 434 g/mol. The molecule has 0 aliphatic carbocycles. The van der Waals surface area contributed by atoms with Crippen LogP contribution in [-0.4, -0.2) is 49.6 Å². The Morgan fingerprint density at radius 1 is 0.941 bits per heavy atom. The van der Waals surface area contributed by atoms with Gasteiger partial charge in [-0.25, -0.2) is 4.79 Å².